The van der Waals surface area contributed by atoms with Crippen molar-refractivity contribution in [2.24, 2.45) is 5.92 Å². The Bertz CT molecular complexity index is 876. The molecule has 0 spiro atoms. The molecule has 6 heteroatoms. The molecule has 4 rings (SSSR count). The van der Waals surface area contributed by atoms with Crippen molar-refractivity contribution in [2.45, 2.75) is 17.7 Å². The molecule has 0 bridgehead atoms. The number of hydrogen-bond acceptors (Lipinski definition) is 5. The van der Waals surface area contributed by atoms with E-state index in [4.69, 9.17) is 4.74 Å². The minimum atomic E-state index is -0.129. The van der Waals surface area contributed by atoms with Crippen LogP contribution in [0.3, 0.4) is 0 Å². The molecule has 2 aliphatic rings. The number of ketones is 1. The number of piperidine rings is 1. The molecule has 0 N–H and O–H groups in total. The van der Waals surface area contributed by atoms with Crippen molar-refractivity contribution < 1.29 is 14.3 Å². The van der Waals surface area contributed by atoms with E-state index >= 15 is 0 Å². The van der Waals surface area contributed by atoms with Crippen LogP contribution in [0.2, 0.25) is 0 Å². The number of anilines is 1. The number of carbonyl (C=O) groups is 2. The lowest BCUT2D eigenvalue weighted by Gasteiger charge is -2.32. The summed E-state index contributed by atoms with van der Waals surface area (Å²) in [7, 11) is 0. The molecule has 158 valence electrons. The van der Waals surface area contributed by atoms with Crippen LogP contribution in [0.25, 0.3) is 0 Å². The number of morpholine rings is 1. The van der Waals surface area contributed by atoms with E-state index in [0.29, 0.717) is 18.7 Å². The van der Waals surface area contributed by atoms with E-state index in [2.05, 4.69) is 4.90 Å². The molecule has 0 aromatic heterocycles. The molecule has 2 aromatic carbocycles. The van der Waals surface area contributed by atoms with Crippen molar-refractivity contribution in [3.8, 4) is 0 Å². The average molecular weight is 425 g/mol. The van der Waals surface area contributed by atoms with Crippen LogP contribution in [0.5, 0.6) is 0 Å². The number of rotatable bonds is 5. The molecule has 2 fully saturated rings. The van der Waals surface area contributed by atoms with Gasteiger partial charge in [-0.15, -0.1) is 11.8 Å². The number of ether oxygens (including phenoxy) is 1. The van der Waals surface area contributed by atoms with E-state index in [1.165, 1.54) is 0 Å². The fourth-order valence-electron chi connectivity index (χ4n) is 4.19. The lowest BCUT2D eigenvalue weighted by atomic mass is 9.89. The molecule has 1 amide bonds. The summed E-state index contributed by atoms with van der Waals surface area (Å²) in [5.41, 5.74) is 2.54. The summed E-state index contributed by atoms with van der Waals surface area (Å²) in [5.74, 6) is 0.0250. The van der Waals surface area contributed by atoms with E-state index in [-0.39, 0.29) is 17.6 Å². The van der Waals surface area contributed by atoms with Gasteiger partial charge >= 0.3 is 0 Å². The van der Waals surface area contributed by atoms with Crippen LogP contribution in [0, 0.1) is 5.92 Å². The van der Waals surface area contributed by atoms with Crippen LogP contribution < -0.4 is 4.90 Å². The number of carbonyl (C=O) groups excluding carboxylic acids is 2. The van der Waals surface area contributed by atoms with Crippen LogP contribution in [0.4, 0.5) is 5.69 Å². The van der Waals surface area contributed by atoms with Crippen LogP contribution in [-0.4, -0.2) is 62.2 Å². The maximum atomic E-state index is 13.1. The maximum Gasteiger partial charge on any atom is 0.253 e. The second-order valence-electron chi connectivity index (χ2n) is 7.83. The molecule has 2 aliphatic heterocycles. The molecule has 0 aliphatic carbocycles. The van der Waals surface area contributed by atoms with Gasteiger partial charge in [0, 0.05) is 53.8 Å². The zero-order valence-corrected chi connectivity index (χ0v) is 18.2. The third-order valence-corrected chi connectivity index (χ3v) is 6.69. The van der Waals surface area contributed by atoms with Crippen LogP contribution in [0.1, 0.15) is 33.6 Å². The van der Waals surface area contributed by atoms with Gasteiger partial charge in [0.1, 0.15) is 0 Å². The average Bonchev–Trinajstić information content (AvgIpc) is 2.84. The van der Waals surface area contributed by atoms with Crippen molar-refractivity contribution in [1.29, 1.82) is 0 Å². The Morgan fingerprint density at radius 3 is 2.27 bits per heavy atom. The molecule has 2 heterocycles. The van der Waals surface area contributed by atoms with Crippen LogP contribution >= 0.6 is 11.8 Å². The molecule has 30 heavy (non-hydrogen) atoms. The summed E-state index contributed by atoms with van der Waals surface area (Å²) in [6.45, 7) is 4.43. The Kier molecular flexibility index (Phi) is 6.75. The number of amides is 1. The molecule has 0 radical (unpaired) electrons. The first-order valence-corrected chi connectivity index (χ1v) is 11.8. The summed E-state index contributed by atoms with van der Waals surface area (Å²) in [6.07, 6.45) is 3.72. The summed E-state index contributed by atoms with van der Waals surface area (Å²) in [4.78, 5) is 31.3. The molecule has 0 saturated carbocycles. The predicted octanol–water partition coefficient (Wildman–Crippen LogP) is 3.98. The Labute approximate surface area is 182 Å². The number of hydrogen-bond donors (Lipinski definition) is 0. The Morgan fingerprint density at radius 2 is 1.60 bits per heavy atom. The van der Waals surface area contributed by atoms with Gasteiger partial charge in [-0.05, 0) is 55.5 Å². The van der Waals surface area contributed by atoms with Gasteiger partial charge in [0.25, 0.3) is 5.91 Å². The molecular formula is C24H28N2O3S. The van der Waals surface area contributed by atoms with Gasteiger partial charge in [0.15, 0.2) is 5.78 Å². The third kappa shape index (κ3) is 4.71. The number of Topliss-reactive ketones (excluding diaryl/α,β-unsaturated/α-hetero) is 1. The van der Waals surface area contributed by atoms with Crippen LogP contribution in [-0.2, 0) is 4.74 Å². The van der Waals surface area contributed by atoms with Gasteiger partial charge < -0.3 is 14.5 Å². The first-order valence-electron chi connectivity index (χ1n) is 10.6. The fourth-order valence-corrected chi connectivity index (χ4v) is 4.59. The smallest absolute Gasteiger partial charge is 0.253 e. The highest BCUT2D eigenvalue weighted by Gasteiger charge is 2.29. The van der Waals surface area contributed by atoms with Crippen molar-refractivity contribution in [3.63, 3.8) is 0 Å². The van der Waals surface area contributed by atoms with Crippen LogP contribution in [0.15, 0.2) is 53.4 Å². The van der Waals surface area contributed by atoms with Crippen molar-refractivity contribution in [1.82, 2.24) is 4.90 Å². The minimum Gasteiger partial charge on any atom is -0.378 e. The maximum absolute atomic E-state index is 13.1. The van der Waals surface area contributed by atoms with Crippen molar-refractivity contribution >= 4 is 29.1 Å². The first-order chi connectivity index (χ1) is 14.7. The normalized spacial score (nSPS) is 19.6. The topological polar surface area (TPSA) is 49.9 Å². The Balaban J connectivity index is 1.40. The van der Waals surface area contributed by atoms with E-state index in [0.717, 1.165) is 55.3 Å². The SMILES string of the molecule is CSc1ccc(C(=O)[C@H]2CCCN(C(=O)c3ccc(N4CCOCC4)cc3)C2)cc1. The fraction of sp³-hybridized carbons (Fsp3) is 0.417. The minimum absolute atomic E-state index is 0.0127. The van der Waals surface area contributed by atoms with Crippen molar-refractivity contribution in [3.05, 3.63) is 59.7 Å². The Morgan fingerprint density at radius 1 is 0.933 bits per heavy atom. The van der Waals surface area contributed by atoms with E-state index in [1.54, 1.807) is 11.8 Å². The van der Waals surface area contributed by atoms with Gasteiger partial charge in [-0.1, -0.05) is 12.1 Å². The zero-order chi connectivity index (χ0) is 20.9. The van der Waals surface area contributed by atoms with Gasteiger partial charge in [0.05, 0.1) is 13.2 Å². The highest BCUT2D eigenvalue weighted by molar-refractivity contribution is 7.98. The highest BCUT2D eigenvalue weighted by atomic mass is 32.2. The van der Waals surface area contributed by atoms with E-state index in [1.807, 2.05) is 59.7 Å². The zero-order valence-electron chi connectivity index (χ0n) is 17.4. The predicted molar refractivity (Wildman–Crippen MR) is 121 cm³/mol. The summed E-state index contributed by atoms with van der Waals surface area (Å²) in [5, 5.41) is 0. The number of thioether (sulfide) groups is 1. The number of benzene rings is 2. The molecule has 2 aromatic rings. The van der Waals surface area contributed by atoms with E-state index in [9.17, 15) is 9.59 Å². The standard InChI is InChI=1S/C24H28N2O3S/c1-30-22-10-6-18(7-11-22)23(27)20-3-2-12-26(17-20)24(28)19-4-8-21(9-5-19)25-13-15-29-16-14-25/h4-11,20H,2-3,12-17H2,1H3/t20-/m0/s1. The van der Waals surface area contributed by atoms with Crippen molar-refractivity contribution in [2.75, 3.05) is 50.5 Å². The van der Waals surface area contributed by atoms with Gasteiger partial charge in [0.2, 0.25) is 0 Å². The molecular weight excluding hydrogens is 396 g/mol. The Hall–Kier alpha value is -2.31. The van der Waals surface area contributed by atoms with E-state index < -0.39 is 0 Å². The molecule has 5 nitrogen and oxygen atoms in total. The molecule has 2 saturated heterocycles. The lowest BCUT2D eigenvalue weighted by molar-refractivity contribution is 0.0637. The number of likely N-dealkylation sites (tertiary alicyclic amines) is 1. The first kappa shape index (κ1) is 20.9. The second-order valence-corrected chi connectivity index (χ2v) is 8.71. The summed E-state index contributed by atoms with van der Waals surface area (Å²) in [6, 6.07) is 15.6. The third-order valence-electron chi connectivity index (χ3n) is 5.94. The number of nitrogens with zero attached hydrogens (tertiary/aromatic N) is 2. The lowest BCUT2D eigenvalue weighted by Crippen LogP contribution is -2.42. The monoisotopic (exact) mass is 424 g/mol. The van der Waals surface area contributed by atoms with Gasteiger partial charge in [-0.3, -0.25) is 9.59 Å². The van der Waals surface area contributed by atoms with Gasteiger partial charge in [-0.2, -0.15) is 0 Å². The highest BCUT2D eigenvalue weighted by Crippen LogP contribution is 2.25. The molecule has 0 unspecified atom stereocenters. The van der Waals surface area contributed by atoms with Gasteiger partial charge in [-0.25, -0.2) is 0 Å². The summed E-state index contributed by atoms with van der Waals surface area (Å²) >= 11 is 1.66. The summed E-state index contributed by atoms with van der Waals surface area (Å²) < 4.78 is 5.40. The molecule has 1 atom stereocenters. The largest absolute Gasteiger partial charge is 0.378 e. The quantitative estimate of drug-likeness (QED) is 0.537. The second kappa shape index (κ2) is 9.67.